The third-order valence-electron chi connectivity index (χ3n) is 9.22. The number of carbonyl (C=O) groups excluding carboxylic acids is 3. The minimum absolute atomic E-state index is 0.0797. The highest BCUT2D eigenvalue weighted by molar-refractivity contribution is 5.98. The molecule has 1 aromatic carbocycles. The molecule has 0 aliphatic carbocycles. The van der Waals surface area contributed by atoms with Gasteiger partial charge in [0.1, 0.15) is 29.7 Å². The van der Waals surface area contributed by atoms with E-state index in [2.05, 4.69) is 16.9 Å². The Bertz CT molecular complexity index is 1310. The summed E-state index contributed by atoms with van der Waals surface area (Å²) in [5, 5.41) is 19.0. The van der Waals surface area contributed by atoms with E-state index in [1.165, 1.54) is 4.90 Å². The Hall–Kier alpha value is -3.31. The number of carbonyl (C=O) groups is 3. The van der Waals surface area contributed by atoms with Gasteiger partial charge in [0, 0.05) is 6.54 Å². The summed E-state index contributed by atoms with van der Waals surface area (Å²) in [4.78, 5) is 45.4. The third kappa shape index (κ3) is 4.13. The van der Waals surface area contributed by atoms with Crippen LogP contribution in [0.5, 0.6) is 0 Å². The van der Waals surface area contributed by atoms with Gasteiger partial charge in [0.15, 0.2) is 0 Å². The van der Waals surface area contributed by atoms with E-state index in [0.717, 1.165) is 5.52 Å². The maximum Gasteiger partial charge on any atom is 0.312 e. The summed E-state index contributed by atoms with van der Waals surface area (Å²) >= 11 is 0. The molecule has 1 N–H and O–H groups in total. The molecule has 1 aromatic heterocycles. The van der Waals surface area contributed by atoms with Crippen LogP contribution in [0, 0.1) is 17.8 Å². The molecule has 2 bridgehead atoms. The predicted molar refractivity (Wildman–Crippen MR) is 145 cm³/mol. The maximum atomic E-state index is 14.7. The molecule has 2 aromatic rings. The van der Waals surface area contributed by atoms with Gasteiger partial charge in [-0.25, -0.2) is 4.68 Å². The van der Waals surface area contributed by atoms with E-state index in [-0.39, 0.29) is 44.2 Å². The molecular formula is C29H39N5O6. The molecule has 3 saturated heterocycles. The number of para-hydroxylation sites is 1. The zero-order valence-electron chi connectivity index (χ0n) is 23.7. The molecule has 2 unspecified atom stereocenters. The molecule has 5 rings (SSSR count). The minimum atomic E-state index is -1.22. The third-order valence-corrected chi connectivity index (χ3v) is 9.22. The summed E-state index contributed by atoms with van der Waals surface area (Å²) < 4.78 is 13.7. The number of rotatable bonds is 11. The number of benzene rings is 1. The van der Waals surface area contributed by atoms with E-state index in [1.807, 2.05) is 45.0 Å². The normalized spacial score (nSPS) is 30.4. The lowest BCUT2D eigenvalue weighted by Gasteiger charge is -2.41. The Morgan fingerprint density at radius 2 is 2.08 bits per heavy atom. The Balaban J connectivity index is 1.60. The van der Waals surface area contributed by atoms with Gasteiger partial charge in [-0.2, -0.15) is 0 Å². The molecule has 7 atom stereocenters. The predicted octanol–water partition coefficient (Wildman–Crippen LogP) is 2.14. The van der Waals surface area contributed by atoms with E-state index in [9.17, 15) is 19.5 Å². The SMILES string of the molecule is C=CCN(Cn1nnc2ccccc21)C(=O)C1N([C@@H](CO)[C@@H](C)CC)C(=O)[C@@H]2[C@@H](C(=O)OCC)[C@@]3(C)CCC12O3. The number of hydrogen-bond acceptors (Lipinski definition) is 8. The molecule has 3 aliphatic rings. The largest absolute Gasteiger partial charge is 0.466 e. The molecule has 3 fully saturated rings. The van der Waals surface area contributed by atoms with Crippen molar-refractivity contribution in [2.45, 2.75) is 76.9 Å². The molecule has 40 heavy (non-hydrogen) atoms. The summed E-state index contributed by atoms with van der Waals surface area (Å²) in [6.45, 7) is 11.5. The monoisotopic (exact) mass is 553 g/mol. The van der Waals surface area contributed by atoms with Crippen molar-refractivity contribution >= 4 is 28.8 Å². The van der Waals surface area contributed by atoms with Gasteiger partial charge in [0.25, 0.3) is 0 Å². The molecule has 0 radical (unpaired) electrons. The first-order chi connectivity index (χ1) is 19.2. The highest BCUT2D eigenvalue weighted by atomic mass is 16.6. The number of ether oxygens (including phenoxy) is 2. The second-order valence-electron chi connectivity index (χ2n) is 11.4. The van der Waals surface area contributed by atoms with Crippen molar-refractivity contribution in [3.8, 4) is 0 Å². The number of aliphatic hydroxyl groups excluding tert-OH is 1. The number of amides is 2. The van der Waals surface area contributed by atoms with Crippen molar-refractivity contribution in [1.29, 1.82) is 0 Å². The van der Waals surface area contributed by atoms with Crippen LogP contribution in [-0.2, 0) is 30.5 Å². The lowest BCUT2D eigenvalue weighted by Crippen LogP contribution is -2.60. The van der Waals surface area contributed by atoms with Crippen molar-refractivity contribution in [3.05, 3.63) is 36.9 Å². The van der Waals surface area contributed by atoms with Crippen LogP contribution >= 0.6 is 0 Å². The zero-order chi connectivity index (χ0) is 28.8. The van der Waals surface area contributed by atoms with Gasteiger partial charge in [-0.3, -0.25) is 14.4 Å². The second kappa shape index (κ2) is 10.6. The number of hydrogen-bond donors (Lipinski definition) is 1. The Labute approximate surface area is 234 Å². The molecule has 216 valence electrons. The van der Waals surface area contributed by atoms with Gasteiger partial charge >= 0.3 is 5.97 Å². The minimum Gasteiger partial charge on any atom is -0.466 e. The Kier molecular flexibility index (Phi) is 7.47. The van der Waals surface area contributed by atoms with Crippen molar-refractivity contribution in [3.63, 3.8) is 0 Å². The standard InChI is InChI=1S/C29H39N5O6/c1-6-15-32(17-33-20-12-10-9-11-19(20)30-31-33)26(37)24-29-14-13-28(5,40-29)23(27(38)39-8-3)22(29)25(36)34(24)21(16-35)18(4)7-2/h6,9-12,18,21-24,35H,1,7-8,13-17H2,2-5H3/t18-,21-,22-,23-,24?,28+,29?/m0/s1. The number of fused-ring (bicyclic) bond motifs is 2. The smallest absolute Gasteiger partial charge is 0.312 e. The lowest BCUT2D eigenvalue weighted by atomic mass is 9.66. The van der Waals surface area contributed by atoms with E-state index in [4.69, 9.17) is 9.47 Å². The number of esters is 1. The Morgan fingerprint density at radius 1 is 1.32 bits per heavy atom. The first-order valence-electron chi connectivity index (χ1n) is 14.1. The molecule has 11 heteroatoms. The van der Waals surface area contributed by atoms with E-state index in [0.29, 0.717) is 24.8 Å². The summed E-state index contributed by atoms with van der Waals surface area (Å²) in [5.41, 5.74) is -0.677. The first-order valence-corrected chi connectivity index (χ1v) is 14.1. The zero-order valence-corrected chi connectivity index (χ0v) is 23.7. The van der Waals surface area contributed by atoms with Crippen molar-refractivity contribution in [1.82, 2.24) is 24.8 Å². The molecule has 4 heterocycles. The molecule has 3 aliphatic heterocycles. The fourth-order valence-electron chi connectivity index (χ4n) is 7.13. The highest BCUT2D eigenvalue weighted by Crippen LogP contribution is 2.64. The van der Waals surface area contributed by atoms with Crippen LogP contribution in [0.15, 0.2) is 36.9 Å². The van der Waals surface area contributed by atoms with Crippen LogP contribution < -0.4 is 0 Å². The van der Waals surface area contributed by atoms with Crippen molar-refractivity contribution in [2.75, 3.05) is 19.8 Å². The van der Waals surface area contributed by atoms with Crippen LogP contribution in [0.1, 0.15) is 47.0 Å². The number of aliphatic hydroxyl groups is 1. The summed E-state index contributed by atoms with van der Waals surface area (Å²) in [5.74, 6) is -2.98. The summed E-state index contributed by atoms with van der Waals surface area (Å²) in [6, 6.07) is 5.81. The van der Waals surface area contributed by atoms with Gasteiger partial charge in [-0.15, -0.1) is 11.7 Å². The first kappa shape index (κ1) is 28.2. The van der Waals surface area contributed by atoms with Gasteiger partial charge < -0.3 is 24.4 Å². The number of aromatic nitrogens is 3. The van der Waals surface area contributed by atoms with Crippen molar-refractivity contribution < 1.29 is 29.0 Å². The van der Waals surface area contributed by atoms with E-state index >= 15 is 0 Å². The fourth-order valence-corrected chi connectivity index (χ4v) is 7.13. The van der Waals surface area contributed by atoms with Gasteiger partial charge in [-0.05, 0) is 44.7 Å². The van der Waals surface area contributed by atoms with Crippen LogP contribution in [0.4, 0.5) is 0 Å². The van der Waals surface area contributed by atoms with Crippen LogP contribution in [0.3, 0.4) is 0 Å². The fraction of sp³-hybridized carbons (Fsp3) is 0.621. The summed E-state index contributed by atoms with van der Waals surface area (Å²) in [6.07, 6.45) is 3.27. The number of nitrogens with zero attached hydrogens (tertiary/aromatic N) is 5. The highest BCUT2D eigenvalue weighted by Gasteiger charge is 2.79. The average Bonchev–Trinajstić information content (AvgIpc) is 3.64. The Morgan fingerprint density at radius 3 is 2.75 bits per heavy atom. The van der Waals surface area contributed by atoms with Gasteiger partial charge in [-0.1, -0.05) is 43.7 Å². The van der Waals surface area contributed by atoms with E-state index in [1.54, 1.807) is 22.6 Å². The number of likely N-dealkylation sites (tertiary alicyclic amines) is 1. The van der Waals surface area contributed by atoms with E-state index < -0.39 is 41.1 Å². The van der Waals surface area contributed by atoms with Crippen molar-refractivity contribution in [2.24, 2.45) is 17.8 Å². The van der Waals surface area contributed by atoms with Crippen LogP contribution in [0.2, 0.25) is 0 Å². The quantitative estimate of drug-likeness (QED) is 0.331. The topological polar surface area (TPSA) is 127 Å². The summed E-state index contributed by atoms with van der Waals surface area (Å²) in [7, 11) is 0. The van der Waals surface area contributed by atoms with Crippen LogP contribution in [-0.4, -0.2) is 90.7 Å². The van der Waals surface area contributed by atoms with Gasteiger partial charge in [0.2, 0.25) is 11.8 Å². The maximum absolute atomic E-state index is 14.7. The van der Waals surface area contributed by atoms with Crippen LogP contribution in [0.25, 0.3) is 11.0 Å². The lowest BCUT2D eigenvalue weighted by molar-refractivity contribution is -0.162. The molecule has 11 nitrogen and oxygen atoms in total. The molecule has 0 saturated carbocycles. The second-order valence-corrected chi connectivity index (χ2v) is 11.4. The van der Waals surface area contributed by atoms with Gasteiger partial charge in [0.05, 0.1) is 36.3 Å². The molecular weight excluding hydrogens is 514 g/mol. The average molecular weight is 554 g/mol. The molecule has 1 spiro atoms. The molecule has 2 amide bonds.